The molecular formula is C15H20N2S. The summed E-state index contributed by atoms with van der Waals surface area (Å²) in [5.74, 6) is 1.81. The second kappa shape index (κ2) is 4.88. The lowest BCUT2D eigenvalue weighted by atomic mass is 9.95. The Kier molecular flexibility index (Phi) is 3.25. The Bertz CT molecular complexity index is 431. The highest BCUT2D eigenvalue weighted by atomic mass is 32.1. The number of thiocarbonyl (C=S) groups is 1. The van der Waals surface area contributed by atoms with Gasteiger partial charge in [-0.25, -0.2) is 0 Å². The average Bonchev–Trinajstić information content (AvgIpc) is 3.01. The average molecular weight is 260 g/mol. The normalized spacial score (nSPS) is 29.3. The molecule has 2 fully saturated rings. The van der Waals surface area contributed by atoms with Gasteiger partial charge >= 0.3 is 0 Å². The van der Waals surface area contributed by atoms with E-state index in [-0.39, 0.29) is 0 Å². The van der Waals surface area contributed by atoms with Gasteiger partial charge in [0.15, 0.2) is 5.11 Å². The summed E-state index contributed by atoms with van der Waals surface area (Å²) in [6, 6.07) is 10.9. The number of para-hydroxylation sites is 1. The predicted octanol–water partition coefficient (Wildman–Crippen LogP) is 3.19. The van der Waals surface area contributed by atoms with Gasteiger partial charge in [-0.15, -0.1) is 0 Å². The third-order valence-electron chi connectivity index (χ3n) is 4.50. The summed E-state index contributed by atoms with van der Waals surface area (Å²) in [5, 5.41) is 4.43. The second-order valence-electron chi connectivity index (χ2n) is 5.63. The van der Waals surface area contributed by atoms with E-state index in [0.29, 0.717) is 6.04 Å². The molecule has 3 atom stereocenters. The Balaban J connectivity index is 1.62. The van der Waals surface area contributed by atoms with E-state index in [2.05, 4.69) is 22.3 Å². The Morgan fingerprint density at radius 1 is 1.22 bits per heavy atom. The first kappa shape index (κ1) is 12.0. The molecular weight excluding hydrogens is 240 g/mol. The highest BCUT2D eigenvalue weighted by Crippen LogP contribution is 2.44. The molecule has 18 heavy (non-hydrogen) atoms. The first-order valence-electron chi connectivity index (χ1n) is 6.83. The molecule has 1 aromatic carbocycles. The lowest BCUT2D eigenvalue weighted by Crippen LogP contribution is -2.45. The molecule has 1 N–H and O–H groups in total. The first-order valence-corrected chi connectivity index (χ1v) is 7.24. The summed E-state index contributed by atoms with van der Waals surface area (Å²) in [6.45, 7) is 0. The largest absolute Gasteiger partial charge is 0.359 e. The molecule has 0 spiro atoms. The van der Waals surface area contributed by atoms with E-state index in [9.17, 15) is 0 Å². The van der Waals surface area contributed by atoms with Crippen LogP contribution in [0.15, 0.2) is 30.3 Å². The highest BCUT2D eigenvalue weighted by molar-refractivity contribution is 7.80. The van der Waals surface area contributed by atoms with Crippen molar-refractivity contribution in [3.8, 4) is 0 Å². The smallest absolute Gasteiger partial charge is 0.173 e. The van der Waals surface area contributed by atoms with Crippen LogP contribution < -0.4 is 10.2 Å². The van der Waals surface area contributed by atoms with Gasteiger partial charge in [0.1, 0.15) is 0 Å². The molecule has 1 aromatic rings. The van der Waals surface area contributed by atoms with Crippen molar-refractivity contribution in [2.75, 3.05) is 11.9 Å². The van der Waals surface area contributed by atoms with Crippen LogP contribution in [0.2, 0.25) is 0 Å². The Morgan fingerprint density at radius 3 is 2.61 bits per heavy atom. The van der Waals surface area contributed by atoms with Crippen molar-refractivity contribution >= 4 is 23.0 Å². The van der Waals surface area contributed by atoms with E-state index in [1.165, 1.54) is 25.7 Å². The number of rotatable bonds is 2. The molecule has 0 aromatic heterocycles. The maximum Gasteiger partial charge on any atom is 0.173 e. The zero-order chi connectivity index (χ0) is 12.5. The maximum absolute atomic E-state index is 5.53. The van der Waals surface area contributed by atoms with E-state index in [1.54, 1.807) is 0 Å². The summed E-state index contributed by atoms with van der Waals surface area (Å²) in [7, 11) is 2.04. The van der Waals surface area contributed by atoms with Crippen LogP contribution in [0, 0.1) is 11.8 Å². The van der Waals surface area contributed by atoms with Crippen LogP contribution in [0.5, 0.6) is 0 Å². The fourth-order valence-corrected chi connectivity index (χ4v) is 3.70. The minimum absolute atomic E-state index is 0.613. The van der Waals surface area contributed by atoms with Crippen molar-refractivity contribution in [1.29, 1.82) is 0 Å². The number of nitrogens with one attached hydrogen (secondary N) is 1. The van der Waals surface area contributed by atoms with E-state index < -0.39 is 0 Å². The molecule has 3 heteroatoms. The van der Waals surface area contributed by atoms with Crippen molar-refractivity contribution in [2.45, 2.75) is 31.7 Å². The lowest BCUT2D eigenvalue weighted by molar-refractivity contribution is 0.391. The molecule has 2 saturated carbocycles. The van der Waals surface area contributed by atoms with Crippen molar-refractivity contribution in [1.82, 2.24) is 5.32 Å². The number of benzene rings is 1. The molecule has 0 radical (unpaired) electrons. The summed E-state index contributed by atoms with van der Waals surface area (Å²) in [4.78, 5) is 2.07. The number of hydrogen-bond acceptors (Lipinski definition) is 1. The SMILES string of the molecule is CN(C(=S)N[C@@H]1C[C@@H]2CC[C@@H]1C2)c1ccccc1. The van der Waals surface area contributed by atoms with Gasteiger partial charge in [0.05, 0.1) is 0 Å². The van der Waals surface area contributed by atoms with Crippen LogP contribution in [0.3, 0.4) is 0 Å². The highest BCUT2D eigenvalue weighted by Gasteiger charge is 2.39. The zero-order valence-corrected chi connectivity index (χ0v) is 11.6. The monoisotopic (exact) mass is 260 g/mol. The quantitative estimate of drug-likeness (QED) is 0.822. The van der Waals surface area contributed by atoms with Gasteiger partial charge in [0.25, 0.3) is 0 Å². The molecule has 2 nitrogen and oxygen atoms in total. The van der Waals surface area contributed by atoms with Gasteiger partial charge in [0.2, 0.25) is 0 Å². The van der Waals surface area contributed by atoms with Crippen LogP contribution in [0.25, 0.3) is 0 Å². The fraction of sp³-hybridized carbons (Fsp3) is 0.533. The van der Waals surface area contributed by atoms with E-state index in [0.717, 1.165) is 22.6 Å². The predicted molar refractivity (Wildman–Crippen MR) is 79.8 cm³/mol. The molecule has 2 aliphatic carbocycles. The Hall–Kier alpha value is -1.09. The van der Waals surface area contributed by atoms with Crippen molar-refractivity contribution in [2.24, 2.45) is 11.8 Å². The van der Waals surface area contributed by atoms with Gasteiger partial charge in [-0.1, -0.05) is 24.6 Å². The Morgan fingerprint density at radius 2 is 2.00 bits per heavy atom. The van der Waals surface area contributed by atoms with E-state index in [1.807, 2.05) is 25.2 Å². The summed E-state index contributed by atoms with van der Waals surface area (Å²) in [6.07, 6.45) is 5.55. The number of anilines is 1. The standard InChI is InChI=1S/C15H20N2S/c1-17(13-5-3-2-4-6-13)15(18)16-14-10-11-7-8-12(14)9-11/h2-6,11-12,14H,7-10H2,1H3,(H,16,18)/t11-,12-,14-/m1/s1. The molecule has 0 unspecified atom stereocenters. The van der Waals surface area contributed by atoms with Gasteiger partial charge in [-0.3, -0.25) is 0 Å². The van der Waals surface area contributed by atoms with Gasteiger partial charge < -0.3 is 10.2 Å². The van der Waals surface area contributed by atoms with Crippen LogP contribution >= 0.6 is 12.2 Å². The first-order chi connectivity index (χ1) is 8.74. The minimum atomic E-state index is 0.613. The number of nitrogens with zero attached hydrogens (tertiary/aromatic N) is 1. The topological polar surface area (TPSA) is 15.3 Å². The van der Waals surface area contributed by atoms with Crippen LogP contribution in [-0.2, 0) is 0 Å². The third kappa shape index (κ3) is 2.24. The summed E-state index contributed by atoms with van der Waals surface area (Å²) < 4.78 is 0. The van der Waals surface area contributed by atoms with Crippen LogP contribution in [-0.4, -0.2) is 18.2 Å². The Labute approximate surface area is 114 Å². The summed E-state index contributed by atoms with van der Waals surface area (Å²) in [5.41, 5.74) is 1.15. The second-order valence-corrected chi connectivity index (χ2v) is 6.01. The number of fused-ring (bicyclic) bond motifs is 2. The molecule has 0 heterocycles. The van der Waals surface area contributed by atoms with Crippen LogP contribution in [0.1, 0.15) is 25.7 Å². The molecule has 3 rings (SSSR count). The van der Waals surface area contributed by atoms with Crippen molar-refractivity contribution in [3.63, 3.8) is 0 Å². The molecule has 2 bridgehead atoms. The van der Waals surface area contributed by atoms with Crippen LogP contribution in [0.4, 0.5) is 5.69 Å². The minimum Gasteiger partial charge on any atom is -0.359 e. The maximum atomic E-state index is 5.53. The van der Waals surface area contributed by atoms with E-state index >= 15 is 0 Å². The molecule has 2 aliphatic rings. The van der Waals surface area contributed by atoms with Gasteiger partial charge in [-0.2, -0.15) is 0 Å². The van der Waals surface area contributed by atoms with Gasteiger partial charge in [-0.05, 0) is 55.4 Å². The van der Waals surface area contributed by atoms with Crippen molar-refractivity contribution < 1.29 is 0 Å². The number of hydrogen-bond donors (Lipinski definition) is 1. The zero-order valence-electron chi connectivity index (χ0n) is 10.8. The third-order valence-corrected chi connectivity index (χ3v) is 4.89. The molecule has 0 saturated heterocycles. The van der Waals surface area contributed by atoms with Crippen molar-refractivity contribution in [3.05, 3.63) is 30.3 Å². The molecule has 0 amide bonds. The summed E-state index contributed by atoms with van der Waals surface area (Å²) >= 11 is 5.53. The van der Waals surface area contributed by atoms with E-state index in [4.69, 9.17) is 12.2 Å². The molecule has 0 aliphatic heterocycles. The fourth-order valence-electron chi connectivity index (χ4n) is 3.45. The lowest BCUT2D eigenvalue weighted by Gasteiger charge is -2.28. The van der Waals surface area contributed by atoms with Gasteiger partial charge in [0, 0.05) is 18.8 Å². The molecule has 96 valence electrons.